The Morgan fingerprint density at radius 2 is 2.00 bits per heavy atom. The van der Waals surface area contributed by atoms with Gasteiger partial charge in [-0.25, -0.2) is 4.79 Å². The van der Waals surface area contributed by atoms with Gasteiger partial charge in [-0.05, 0) is 12.0 Å². The molecule has 0 unspecified atom stereocenters. The minimum absolute atomic E-state index is 0.225. The van der Waals surface area contributed by atoms with Crippen LogP contribution in [0.3, 0.4) is 0 Å². The molecule has 5 heteroatoms. The fourth-order valence-corrected chi connectivity index (χ4v) is 2.46. The quantitative estimate of drug-likeness (QED) is 0.617. The molecule has 0 radical (unpaired) electrons. The fraction of sp³-hybridized carbons (Fsp3) is 0.375. The number of benzene rings is 1. The number of allylic oxidation sites excluding steroid dienone is 1. The minimum atomic E-state index is -0.664. The molecule has 0 saturated carbocycles. The normalized spacial score (nSPS) is 15.8. The number of carbonyl (C=O) groups excluding carboxylic acids is 2. The van der Waals surface area contributed by atoms with Crippen molar-refractivity contribution in [1.82, 2.24) is 4.90 Å². The van der Waals surface area contributed by atoms with E-state index >= 15 is 0 Å². The van der Waals surface area contributed by atoms with Crippen LogP contribution in [0.15, 0.2) is 43.0 Å². The lowest BCUT2D eigenvalue weighted by atomic mass is 9.77. The first kappa shape index (κ1) is 15.1. The molecule has 0 N–H and O–H groups in total. The van der Waals surface area contributed by atoms with Crippen molar-refractivity contribution in [1.29, 1.82) is 0 Å². The zero-order chi connectivity index (χ0) is 15.3. The molecule has 1 saturated heterocycles. The van der Waals surface area contributed by atoms with Crippen molar-refractivity contribution in [2.75, 3.05) is 20.2 Å². The molecule has 0 atom stereocenters. The molecule has 0 spiro atoms. The Balaban J connectivity index is 1.86. The van der Waals surface area contributed by atoms with E-state index < -0.39 is 11.5 Å². The van der Waals surface area contributed by atoms with Crippen LogP contribution in [-0.4, -0.2) is 37.2 Å². The second-order valence-corrected chi connectivity index (χ2v) is 5.16. The van der Waals surface area contributed by atoms with E-state index in [1.54, 1.807) is 6.08 Å². The van der Waals surface area contributed by atoms with Crippen LogP contribution in [0, 0.1) is 5.41 Å². The summed E-state index contributed by atoms with van der Waals surface area (Å²) in [6.07, 6.45) is 1.74. The van der Waals surface area contributed by atoms with E-state index in [-0.39, 0.29) is 12.6 Å². The van der Waals surface area contributed by atoms with Crippen LogP contribution in [0.1, 0.15) is 12.0 Å². The molecule has 1 aromatic carbocycles. The number of likely N-dealkylation sites (tertiary alicyclic amines) is 1. The summed E-state index contributed by atoms with van der Waals surface area (Å²) in [6.45, 7) is 4.48. The summed E-state index contributed by atoms with van der Waals surface area (Å²) in [4.78, 5) is 25.2. The minimum Gasteiger partial charge on any atom is -0.468 e. The zero-order valence-electron chi connectivity index (χ0n) is 12.1. The maximum absolute atomic E-state index is 11.9. The lowest BCUT2D eigenvalue weighted by Crippen LogP contribution is -2.62. The maximum atomic E-state index is 11.9. The molecule has 0 aliphatic carbocycles. The summed E-state index contributed by atoms with van der Waals surface area (Å²) in [5.41, 5.74) is 0.263. The van der Waals surface area contributed by atoms with Gasteiger partial charge in [0.15, 0.2) is 0 Å². The average Bonchev–Trinajstić information content (AvgIpc) is 2.48. The molecule has 1 fully saturated rings. The Labute approximate surface area is 124 Å². The number of rotatable bonds is 5. The third kappa shape index (κ3) is 3.24. The number of carbonyl (C=O) groups is 2. The van der Waals surface area contributed by atoms with E-state index in [9.17, 15) is 9.59 Å². The van der Waals surface area contributed by atoms with Crippen molar-refractivity contribution in [3.05, 3.63) is 48.6 Å². The Morgan fingerprint density at radius 1 is 1.33 bits per heavy atom. The van der Waals surface area contributed by atoms with Crippen molar-refractivity contribution in [3.8, 4) is 0 Å². The lowest BCUT2D eigenvalue weighted by Gasteiger charge is -2.46. The molecular formula is C16H19NO4. The molecule has 1 aromatic rings. The maximum Gasteiger partial charge on any atom is 0.410 e. The van der Waals surface area contributed by atoms with Crippen LogP contribution in [0.2, 0.25) is 0 Å². The average molecular weight is 289 g/mol. The van der Waals surface area contributed by atoms with Crippen LogP contribution in [0.5, 0.6) is 0 Å². The van der Waals surface area contributed by atoms with Gasteiger partial charge in [0.2, 0.25) is 0 Å². The first-order valence-corrected chi connectivity index (χ1v) is 6.76. The lowest BCUT2D eigenvalue weighted by molar-refractivity contribution is -0.162. The van der Waals surface area contributed by atoms with Crippen LogP contribution in [0.4, 0.5) is 4.79 Å². The van der Waals surface area contributed by atoms with Gasteiger partial charge >= 0.3 is 12.1 Å². The molecule has 0 bridgehead atoms. The Morgan fingerprint density at radius 3 is 2.57 bits per heavy atom. The van der Waals surface area contributed by atoms with Gasteiger partial charge in [-0.2, -0.15) is 0 Å². The Kier molecular flexibility index (Phi) is 4.62. The van der Waals surface area contributed by atoms with E-state index in [0.29, 0.717) is 19.5 Å². The highest BCUT2D eigenvalue weighted by Crippen LogP contribution is 2.36. The number of amides is 1. The molecule has 1 aliphatic heterocycles. The second kappa shape index (κ2) is 6.43. The highest BCUT2D eigenvalue weighted by Gasteiger charge is 2.51. The molecule has 5 nitrogen and oxygen atoms in total. The van der Waals surface area contributed by atoms with Crippen molar-refractivity contribution in [3.63, 3.8) is 0 Å². The fourth-order valence-electron chi connectivity index (χ4n) is 2.46. The number of ether oxygens (including phenoxy) is 2. The molecule has 1 amide bonds. The molecule has 21 heavy (non-hydrogen) atoms. The summed E-state index contributed by atoms with van der Waals surface area (Å²) in [5.74, 6) is -0.311. The van der Waals surface area contributed by atoms with Gasteiger partial charge < -0.3 is 14.4 Å². The van der Waals surface area contributed by atoms with Crippen LogP contribution >= 0.6 is 0 Å². The monoisotopic (exact) mass is 289 g/mol. The standard InChI is InChI=1S/C16H19NO4/c1-3-9-16(14(18)20-2)11-17(12-16)15(19)21-10-13-7-5-4-6-8-13/h3-8H,1,9-12H2,2H3. The van der Waals surface area contributed by atoms with Crippen molar-refractivity contribution < 1.29 is 19.1 Å². The largest absolute Gasteiger partial charge is 0.468 e. The van der Waals surface area contributed by atoms with Crippen LogP contribution in [-0.2, 0) is 20.9 Å². The number of hydrogen-bond donors (Lipinski definition) is 0. The first-order chi connectivity index (χ1) is 10.1. The van der Waals surface area contributed by atoms with Crippen LogP contribution in [0.25, 0.3) is 0 Å². The van der Waals surface area contributed by atoms with E-state index in [1.807, 2.05) is 30.3 Å². The van der Waals surface area contributed by atoms with Gasteiger partial charge in [-0.15, -0.1) is 6.58 Å². The predicted molar refractivity (Wildman–Crippen MR) is 77.5 cm³/mol. The summed E-state index contributed by atoms with van der Waals surface area (Å²) in [6, 6.07) is 9.46. The number of methoxy groups -OCH3 is 1. The molecule has 1 heterocycles. The zero-order valence-corrected chi connectivity index (χ0v) is 12.1. The Hall–Kier alpha value is -2.30. The molecule has 112 valence electrons. The predicted octanol–water partition coefficient (Wildman–Crippen LogP) is 2.37. The van der Waals surface area contributed by atoms with Gasteiger partial charge in [0.25, 0.3) is 0 Å². The van der Waals surface area contributed by atoms with E-state index in [1.165, 1.54) is 12.0 Å². The van der Waals surface area contributed by atoms with Crippen LogP contribution < -0.4 is 0 Å². The first-order valence-electron chi connectivity index (χ1n) is 6.76. The topological polar surface area (TPSA) is 55.8 Å². The SMILES string of the molecule is C=CCC1(C(=O)OC)CN(C(=O)OCc2ccccc2)C1. The summed E-state index contributed by atoms with van der Waals surface area (Å²) < 4.78 is 10.0. The van der Waals surface area contributed by atoms with Gasteiger partial charge in [-0.3, -0.25) is 4.79 Å². The number of hydrogen-bond acceptors (Lipinski definition) is 4. The molecule has 0 aromatic heterocycles. The van der Waals surface area contributed by atoms with Gasteiger partial charge in [0.05, 0.1) is 7.11 Å². The van der Waals surface area contributed by atoms with E-state index in [4.69, 9.17) is 9.47 Å². The third-order valence-electron chi connectivity index (χ3n) is 3.60. The smallest absolute Gasteiger partial charge is 0.410 e. The van der Waals surface area contributed by atoms with Crippen molar-refractivity contribution in [2.45, 2.75) is 13.0 Å². The van der Waals surface area contributed by atoms with Gasteiger partial charge in [0.1, 0.15) is 12.0 Å². The van der Waals surface area contributed by atoms with Crippen molar-refractivity contribution >= 4 is 12.1 Å². The molecule has 2 rings (SSSR count). The summed E-state index contributed by atoms with van der Waals surface area (Å²) in [7, 11) is 1.35. The highest BCUT2D eigenvalue weighted by molar-refractivity contribution is 5.82. The highest BCUT2D eigenvalue weighted by atomic mass is 16.6. The van der Waals surface area contributed by atoms with Gasteiger partial charge in [0, 0.05) is 13.1 Å². The number of nitrogens with zero attached hydrogens (tertiary/aromatic N) is 1. The third-order valence-corrected chi connectivity index (χ3v) is 3.60. The number of esters is 1. The second-order valence-electron chi connectivity index (χ2n) is 5.16. The summed E-state index contributed by atoms with van der Waals surface area (Å²) >= 11 is 0. The van der Waals surface area contributed by atoms with Crippen molar-refractivity contribution in [2.24, 2.45) is 5.41 Å². The van der Waals surface area contributed by atoms with E-state index in [2.05, 4.69) is 6.58 Å². The van der Waals surface area contributed by atoms with E-state index in [0.717, 1.165) is 5.56 Å². The summed E-state index contributed by atoms with van der Waals surface area (Å²) in [5, 5.41) is 0. The molecular weight excluding hydrogens is 270 g/mol. The Bertz CT molecular complexity index is 520. The van der Waals surface area contributed by atoms with Gasteiger partial charge in [-0.1, -0.05) is 36.4 Å². The molecule has 1 aliphatic rings.